The molecule has 0 saturated carbocycles. The number of hydrogen-bond acceptors (Lipinski definition) is 0. The molecule has 0 amide bonds. The second-order valence-corrected chi connectivity index (χ2v) is 5.64. The van der Waals surface area contributed by atoms with E-state index in [0.717, 1.165) is 21.2 Å². The van der Waals surface area contributed by atoms with E-state index in [1.165, 1.54) is 12.1 Å². The van der Waals surface area contributed by atoms with Gasteiger partial charge in [-0.25, -0.2) is 4.39 Å². The van der Waals surface area contributed by atoms with Crippen molar-refractivity contribution in [2.24, 2.45) is 0 Å². The number of hydrogen-bond donors (Lipinski definition) is 0. The molecule has 0 aliphatic rings. The summed E-state index contributed by atoms with van der Waals surface area (Å²) in [5, 5.41) is -0.149. The lowest BCUT2D eigenvalue weighted by Crippen LogP contribution is -1.99. The Morgan fingerprint density at radius 2 is 1.94 bits per heavy atom. The molecule has 18 heavy (non-hydrogen) atoms. The third kappa shape index (κ3) is 3.12. The van der Waals surface area contributed by atoms with Crippen LogP contribution in [0, 0.1) is 12.7 Å². The Hall–Kier alpha value is -0.860. The number of rotatable bonds is 3. The Labute approximate surface area is 120 Å². The van der Waals surface area contributed by atoms with Crippen LogP contribution in [0.2, 0.25) is 0 Å². The molecular weight excluding hydrogens is 315 g/mol. The van der Waals surface area contributed by atoms with Crippen LogP contribution in [0.1, 0.15) is 22.1 Å². The van der Waals surface area contributed by atoms with Gasteiger partial charge in [0.1, 0.15) is 5.82 Å². The topological polar surface area (TPSA) is 0 Å². The molecule has 0 aromatic heterocycles. The molecule has 0 aliphatic carbocycles. The van der Waals surface area contributed by atoms with Gasteiger partial charge in [0.15, 0.2) is 0 Å². The normalized spacial score (nSPS) is 12.4. The van der Waals surface area contributed by atoms with Gasteiger partial charge in [-0.2, -0.15) is 0 Å². The van der Waals surface area contributed by atoms with E-state index in [-0.39, 0.29) is 11.2 Å². The van der Waals surface area contributed by atoms with Crippen LogP contribution in [0.25, 0.3) is 0 Å². The van der Waals surface area contributed by atoms with E-state index in [2.05, 4.69) is 15.9 Å². The fourth-order valence-electron chi connectivity index (χ4n) is 1.94. The van der Waals surface area contributed by atoms with E-state index in [0.29, 0.717) is 6.42 Å². The first-order chi connectivity index (χ1) is 8.58. The van der Waals surface area contributed by atoms with Gasteiger partial charge in [-0.3, -0.25) is 0 Å². The van der Waals surface area contributed by atoms with E-state index in [1.54, 1.807) is 6.07 Å². The minimum Gasteiger partial charge on any atom is -0.207 e. The molecule has 1 atom stereocenters. The van der Waals surface area contributed by atoms with Gasteiger partial charge in [-0.1, -0.05) is 40.2 Å². The maximum atomic E-state index is 13.1. The summed E-state index contributed by atoms with van der Waals surface area (Å²) in [7, 11) is 0. The zero-order valence-corrected chi connectivity index (χ0v) is 12.3. The predicted molar refractivity (Wildman–Crippen MR) is 77.6 cm³/mol. The Kier molecular flexibility index (Phi) is 4.41. The summed E-state index contributed by atoms with van der Waals surface area (Å²) in [6, 6.07) is 12.5. The highest BCUT2D eigenvalue weighted by Gasteiger charge is 2.13. The van der Waals surface area contributed by atoms with Gasteiger partial charge in [-0.15, -0.1) is 11.6 Å². The molecule has 0 saturated heterocycles. The standard InChI is InChI=1S/C15H13BrClF/c1-10-13(6-3-7-14(10)16)15(17)9-11-4-2-5-12(18)8-11/h2-8,15H,9H2,1H3. The maximum Gasteiger partial charge on any atom is 0.123 e. The first-order valence-electron chi connectivity index (χ1n) is 5.71. The quantitative estimate of drug-likeness (QED) is 0.660. The smallest absolute Gasteiger partial charge is 0.123 e. The van der Waals surface area contributed by atoms with Crippen molar-refractivity contribution in [3.63, 3.8) is 0 Å². The van der Waals surface area contributed by atoms with Crippen molar-refractivity contribution in [3.8, 4) is 0 Å². The van der Waals surface area contributed by atoms with Crippen molar-refractivity contribution >= 4 is 27.5 Å². The van der Waals surface area contributed by atoms with Crippen LogP contribution in [0.4, 0.5) is 4.39 Å². The van der Waals surface area contributed by atoms with Gasteiger partial charge in [-0.05, 0) is 48.2 Å². The molecule has 0 heterocycles. The Bertz CT molecular complexity index is 554. The summed E-state index contributed by atoms with van der Waals surface area (Å²) >= 11 is 9.92. The molecule has 0 fully saturated rings. The summed E-state index contributed by atoms with van der Waals surface area (Å²) < 4.78 is 14.2. The maximum absolute atomic E-state index is 13.1. The van der Waals surface area contributed by atoms with Gasteiger partial charge < -0.3 is 0 Å². The largest absolute Gasteiger partial charge is 0.207 e. The van der Waals surface area contributed by atoms with Crippen LogP contribution in [0.3, 0.4) is 0 Å². The molecule has 0 bridgehead atoms. The molecule has 2 rings (SSSR count). The fraction of sp³-hybridized carbons (Fsp3) is 0.200. The summed E-state index contributed by atoms with van der Waals surface area (Å²) in [4.78, 5) is 0. The van der Waals surface area contributed by atoms with Crippen LogP contribution in [-0.2, 0) is 6.42 Å². The molecule has 2 aromatic carbocycles. The number of alkyl halides is 1. The molecule has 0 N–H and O–H groups in total. The zero-order valence-electron chi connectivity index (χ0n) is 9.96. The average molecular weight is 328 g/mol. The third-order valence-corrected chi connectivity index (χ3v) is 4.20. The van der Waals surface area contributed by atoms with Crippen LogP contribution in [0.15, 0.2) is 46.9 Å². The van der Waals surface area contributed by atoms with Crippen LogP contribution in [0.5, 0.6) is 0 Å². The summed E-state index contributed by atoms with van der Waals surface area (Å²) in [6.45, 7) is 2.03. The van der Waals surface area contributed by atoms with Crippen molar-refractivity contribution < 1.29 is 4.39 Å². The molecular formula is C15H13BrClF. The second-order valence-electron chi connectivity index (χ2n) is 4.26. The van der Waals surface area contributed by atoms with Crippen LogP contribution < -0.4 is 0 Å². The monoisotopic (exact) mass is 326 g/mol. The van der Waals surface area contributed by atoms with Crippen molar-refractivity contribution in [3.05, 3.63) is 69.4 Å². The van der Waals surface area contributed by atoms with E-state index in [1.807, 2.05) is 31.2 Å². The van der Waals surface area contributed by atoms with E-state index < -0.39 is 0 Å². The molecule has 0 aliphatic heterocycles. The Morgan fingerprint density at radius 3 is 2.67 bits per heavy atom. The molecule has 0 nitrogen and oxygen atoms in total. The average Bonchev–Trinajstić information content (AvgIpc) is 2.32. The Morgan fingerprint density at radius 1 is 1.22 bits per heavy atom. The van der Waals surface area contributed by atoms with Gasteiger partial charge in [0.05, 0.1) is 5.38 Å². The lowest BCUT2D eigenvalue weighted by molar-refractivity contribution is 0.625. The lowest BCUT2D eigenvalue weighted by Gasteiger charge is -2.14. The third-order valence-electron chi connectivity index (χ3n) is 2.95. The van der Waals surface area contributed by atoms with E-state index in [4.69, 9.17) is 11.6 Å². The van der Waals surface area contributed by atoms with Gasteiger partial charge in [0.25, 0.3) is 0 Å². The van der Waals surface area contributed by atoms with Crippen molar-refractivity contribution in [1.29, 1.82) is 0 Å². The highest BCUT2D eigenvalue weighted by atomic mass is 79.9. The van der Waals surface area contributed by atoms with Crippen molar-refractivity contribution in [1.82, 2.24) is 0 Å². The predicted octanol–water partition coefficient (Wildman–Crippen LogP) is 5.42. The SMILES string of the molecule is Cc1c(Br)cccc1C(Cl)Cc1cccc(F)c1. The highest BCUT2D eigenvalue weighted by molar-refractivity contribution is 9.10. The van der Waals surface area contributed by atoms with Gasteiger partial charge in [0, 0.05) is 4.47 Å². The zero-order chi connectivity index (χ0) is 13.1. The lowest BCUT2D eigenvalue weighted by atomic mass is 10.00. The molecule has 3 heteroatoms. The molecule has 0 radical (unpaired) electrons. The van der Waals surface area contributed by atoms with Crippen LogP contribution in [-0.4, -0.2) is 0 Å². The molecule has 1 unspecified atom stereocenters. The van der Waals surface area contributed by atoms with Gasteiger partial charge in [0.2, 0.25) is 0 Å². The summed E-state index contributed by atoms with van der Waals surface area (Å²) in [6.07, 6.45) is 0.622. The van der Waals surface area contributed by atoms with E-state index in [9.17, 15) is 4.39 Å². The molecule has 2 aromatic rings. The minimum absolute atomic E-state index is 0.149. The highest BCUT2D eigenvalue weighted by Crippen LogP contribution is 2.31. The second kappa shape index (κ2) is 5.85. The molecule has 94 valence electrons. The van der Waals surface area contributed by atoms with E-state index >= 15 is 0 Å². The number of benzene rings is 2. The van der Waals surface area contributed by atoms with Gasteiger partial charge >= 0.3 is 0 Å². The minimum atomic E-state index is -0.220. The Balaban J connectivity index is 2.22. The molecule has 0 spiro atoms. The van der Waals surface area contributed by atoms with Crippen molar-refractivity contribution in [2.75, 3.05) is 0 Å². The summed E-state index contributed by atoms with van der Waals surface area (Å²) in [5.74, 6) is -0.220. The number of halogens is 3. The fourth-order valence-corrected chi connectivity index (χ4v) is 2.74. The van der Waals surface area contributed by atoms with Crippen molar-refractivity contribution in [2.45, 2.75) is 18.7 Å². The van der Waals surface area contributed by atoms with Crippen LogP contribution >= 0.6 is 27.5 Å². The summed E-state index contributed by atoms with van der Waals surface area (Å²) in [5.41, 5.74) is 3.12. The first-order valence-corrected chi connectivity index (χ1v) is 6.94. The first kappa shape index (κ1) is 13.6.